The van der Waals surface area contributed by atoms with E-state index in [0.29, 0.717) is 11.7 Å². The quantitative estimate of drug-likeness (QED) is 0.781. The standard InChI is InChI=1S/C19H30N4O2/c1-19(2,3)18(25)20-14-9-13(10-14)15-11-16(23-22-15)21-17(24)12-7-5-4-6-8-12/h11-14H,4-10H2,1-3H3,(H,20,25)(H2,21,22,23,24). The summed E-state index contributed by atoms with van der Waals surface area (Å²) in [6, 6.07) is 2.17. The van der Waals surface area contributed by atoms with Gasteiger partial charge in [-0.1, -0.05) is 40.0 Å². The van der Waals surface area contributed by atoms with Crippen LogP contribution in [0, 0.1) is 11.3 Å². The number of carbonyl (C=O) groups is 2. The van der Waals surface area contributed by atoms with E-state index in [4.69, 9.17) is 0 Å². The van der Waals surface area contributed by atoms with Gasteiger partial charge in [0.15, 0.2) is 5.82 Å². The maximum absolute atomic E-state index is 12.3. The molecule has 0 aliphatic heterocycles. The van der Waals surface area contributed by atoms with Gasteiger partial charge in [-0.25, -0.2) is 0 Å². The van der Waals surface area contributed by atoms with Crippen LogP contribution in [-0.4, -0.2) is 28.1 Å². The molecule has 2 saturated carbocycles. The molecule has 3 rings (SSSR count). The van der Waals surface area contributed by atoms with Crippen LogP contribution in [0.2, 0.25) is 0 Å². The van der Waals surface area contributed by atoms with E-state index in [1.165, 1.54) is 6.42 Å². The fourth-order valence-corrected chi connectivity index (χ4v) is 3.59. The van der Waals surface area contributed by atoms with Crippen molar-refractivity contribution in [2.24, 2.45) is 11.3 Å². The number of anilines is 1. The zero-order valence-electron chi connectivity index (χ0n) is 15.5. The minimum absolute atomic E-state index is 0.0981. The number of H-pyrrole nitrogens is 1. The van der Waals surface area contributed by atoms with Crippen LogP contribution in [0.15, 0.2) is 6.07 Å². The summed E-state index contributed by atoms with van der Waals surface area (Å²) in [5.41, 5.74) is 0.690. The summed E-state index contributed by atoms with van der Waals surface area (Å²) in [6.45, 7) is 5.78. The Labute approximate surface area is 149 Å². The maximum atomic E-state index is 12.3. The van der Waals surface area contributed by atoms with Crippen molar-refractivity contribution in [2.75, 3.05) is 5.32 Å². The normalized spacial score (nSPS) is 24.4. The van der Waals surface area contributed by atoms with E-state index in [0.717, 1.165) is 44.2 Å². The first-order valence-corrected chi connectivity index (χ1v) is 9.50. The van der Waals surface area contributed by atoms with Crippen LogP contribution in [0.5, 0.6) is 0 Å². The molecule has 3 N–H and O–H groups in total. The first-order valence-electron chi connectivity index (χ1n) is 9.50. The first kappa shape index (κ1) is 18.0. The minimum Gasteiger partial charge on any atom is -0.353 e. The number of nitrogens with zero attached hydrogens (tertiary/aromatic N) is 1. The lowest BCUT2D eigenvalue weighted by molar-refractivity contribution is -0.130. The smallest absolute Gasteiger partial charge is 0.228 e. The lowest BCUT2D eigenvalue weighted by atomic mass is 9.77. The predicted molar refractivity (Wildman–Crippen MR) is 97.2 cm³/mol. The van der Waals surface area contributed by atoms with Crippen LogP contribution < -0.4 is 10.6 Å². The number of carbonyl (C=O) groups excluding carboxylic acids is 2. The topological polar surface area (TPSA) is 86.9 Å². The molecule has 0 spiro atoms. The molecular formula is C19H30N4O2. The molecule has 0 unspecified atom stereocenters. The molecule has 6 heteroatoms. The molecule has 6 nitrogen and oxygen atoms in total. The van der Waals surface area contributed by atoms with E-state index < -0.39 is 0 Å². The van der Waals surface area contributed by atoms with Crippen molar-refractivity contribution in [3.63, 3.8) is 0 Å². The van der Waals surface area contributed by atoms with Gasteiger partial charge in [-0.05, 0) is 25.7 Å². The van der Waals surface area contributed by atoms with Crippen LogP contribution in [-0.2, 0) is 9.59 Å². The first-order chi connectivity index (χ1) is 11.8. The number of rotatable bonds is 4. The van der Waals surface area contributed by atoms with E-state index in [1.807, 2.05) is 26.8 Å². The number of hydrogen-bond acceptors (Lipinski definition) is 3. The van der Waals surface area contributed by atoms with Gasteiger partial charge in [-0.2, -0.15) is 5.10 Å². The second kappa shape index (κ2) is 7.18. The van der Waals surface area contributed by atoms with Crippen LogP contribution in [0.1, 0.15) is 77.3 Å². The highest BCUT2D eigenvalue weighted by molar-refractivity contribution is 5.91. The Kier molecular flexibility index (Phi) is 5.16. The van der Waals surface area contributed by atoms with Crippen molar-refractivity contribution in [1.82, 2.24) is 15.5 Å². The molecule has 2 aliphatic carbocycles. The van der Waals surface area contributed by atoms with Crippen molar-refractivity contribution < 1.29 is 9.59 Å². The summed E-state index contributed by atoms with van der Waals surface area (Å²) in [5, 5.41) is 13.3. The molecule has 2 fully saturated rings. The molecule has 0 atom stereocenters. The van der Waals surface area contributed by atoms with Gasteiger partial charge in [0, 0.05) is 35.1 Å². The molecule has 1 heterocycles. The fourth-order valence-electron chi connectivity index (χ4n) is 3.59. The van der Waals surface area contributed by atoms with Gasteiger partial charge in [0.05, 0.1) is 0 Å². The molecule has 2 amide bonds. The monoisotopic (exact) mass is 346 g/mol. The van der Waals surface area contributed by atoms with Crippen LogP contribution >= 0.6 is 0 Å². The third-order valence-corrected chi connectivity index (χ3v) is 5.42. The second-order valence-electron chi connectivity index (χ2n) is 8.62. The summed E-state index contributed by atoms with van der Waals surface area (Å²) in [7, 11) is 0. The van der Waals surface area contributed by atoms with Gasteiger partial charge in [0.2, 0.25) is 11.8 Å². The molecule has 0 radical (unpaired) electrons. The van der Waals surface area contributed by atoms with E-state index in [9.17, 15) is 9.59 Å². The summed E-state index contributed by atoms with van der Waals surface area (Å²) in [5.74, 6) is 1.32. The number of aromatic amines is 1. The molecule has 0 aromatic carbocycles. The van der Waals surface area contributed by atoms with Crippen molar-refractivity contribution in [2.45, 2.75) is 77.7 Å². The lowest BCUT2D eigenvalue weighted by Gasteiger charge is -2.36. The number of hydrogen-bond donors (Lipinski definition) is 3. The van der Waals surface area contributed by atoms with Crippen molar-refractivity contribution in [3.05, 3.63) is 11.8 Å². The highest BCUT2D eigenvalue weighted by Gasteiger charge is 2.35. The van der Waals surface area contributed by atoms with Crippen LogP contribution in [0.3, 0.4) is 0 Å². The summed E-state index contributed by atoms with van der Waals surface area (Å²) in [6.07, 6.45) is 7.34. The number of nitrogens with one attached hydrogen (secondary N) is 3. The molecule has 138 valence electrons. The molecule has 0 bridgehead atoms. The second-order valence-corrected chi connectivity index (χ2v) is 8.62. The van der Waals surface area contributed by atoms with Crippen molar-refractivity contribution >= 4 is 17.6 Å². The number of aromatic nitrogens is 2. The highest BCUT2D eigenvalue weighted by Crippen LogP contribution is 2.37. The predicted octanol–water partition coefficient (Wildman–Crippen LogP) is 3.34. The van der Waals surface area contributed by atoms with Gasteiger partial charge in [-0.15, -0.1) is 0 Å². The molecule has 1 aromatic heterocycles. The Morgan fingerprint density at radius 3 is 2.48 bits per heavy atom. The summed E-state index contributed by atoms with van der Waals surface area (Å²) < 4.78 is 0. The van der Waals surface area contributed by atoms with Gasteiger partial charge in [-0.3, -0.25) is 14.7 Å². The van der Waals surface area contributed by atoms with Gasteiger partial charge >= 0.3 is 0 Å². The van der Waals surface area contributed by atoms with Crippen LogP contribution in [0.25, 0.3) is 0 Å². The summed E-state index contributed by atoms with van der Waals surface area (Å²) in [4.78, 5) is 24.3. The highest BCUT2D eigenvalue weighted by atomic mass is 16.2. The lowest BCUT2D eigenvalue weighted by Crippen LogP contribution is -2.47. The molecule has 0 saturated heterocycles. The van der Waals surface area contributed by atoms with E-state index in [1.54, 1.807) is 0 Å². The average molecular weight is 346 g/mol. The maximum Gasteiger partial charge on any atom is 0.228 e. The number of amides is 2. The largest absolute Gasteiger partial charge is 0.353 e. The molecule has 2 aliphatic rings. The Morgan fingerprint density at radius 2 is 1.84 bits per heavy atom. The third kappa shape index (κ3) is 4.41. The van der Waals surface area contributed by atoms with E-state index in [2.05, 4.69) is 20.8 Å². The fraction of sp³-hybridized carbons (Fsp3) is 0.737. The van der Waals surface area contributed by atoms with Crippen molar-refractivity contribution in [1.29, 1.82) is 0 Å². The summed E-state index contributed by atoms with van der Waals surface area (Å²) >= 11 is 0. The van der Waals surface area contributed by atoms with Gasteiger partial charge in [0.1, 0.15) is 0 Å². The minimum atomic E-state index is -0.352. The Morgan fingerprint density at radius 1 is 1.16 bits per heavy atom. The SMILES string of the molecule is CC(C)(C)C(=O)NC1CC(c2cc(NC(=O)C3CCCCC3)n[nH]2)C1. The molecule has 1 aromatic rings. The third-order valence-electron chi connectivity index (χ3n) is 5.42. The van der Waals surface area contributed by atoms with Crippen LogP contribution in [0.4, 0.5) is 5.82 Å². The van der Waals surface area contributed by atoms with Gasteiger partial charge < -0.3 is 10.6 Å². The Bertz CT molecular complexity index is 620. The van der Waals surface area contributed by atoms with Crippen molar-refractivity contribution in [3.8, 4) is 0 Å². The van der Waals surface area contributed by atoms with E-state index >= 15 is 0 Å². The van der Waals surface area contributed by atoms with E-state index in [-0.39, 0.29) is 29.2 Å². The zero-order valence-corrected chi connectivity index (χ0v) is 15.5. The molecular weight excluding hydrogens is 316 g/mol. The zero-order chi connectivity index (χ0) is 18.0. The Hall–Kier alpha value is -1.85. The average Bonchev–Trinajstić information content (AvgIpc) is 2.98. The molecule has 25 heavy (non-hydrogen) atoms. The van der Waals surface area contributed by atoms with Gasteiger partial charge in [0.25, 0.3) is 0 Å². The Balaban J connectivity index is 1.46.